The van der Waals surface area contributed by atoms with Gasteiger partial charge in [0.15, 0.2) is 0 Å². The van der Waals surface area contributed by atoms with Crippen LogP contribution in [-0.4, -0.2) is 30.3 Å². The Labute approximate surface area is 75.0 Å². The minimum absolute atomic E-state index is 0. The second-order valence-electron chi connectivity index (χ2n) is 2.63. The molecule has 0 radical (unpaired) electrons. The Morgan fingerprint density at radius 1 is 1.10 bits per heavy atom. The van der Waals surface area contributed by atoms with Gasteiger partial charge in [0, 0.05) is 12.3 Å². The summed E-state index contributed by atoms with van der Waals surface area (Å²) in [6.45, 7) is 3.80. The van der Waals surface area contributed by atoms with Crippen molar-refractivity contribution in [3.8, 4) is 0 Å². The first-order valence-electron chi connectivity index (χ1n) is 3.76. The highest BCUT2D eigenvalue weighted by Gasteiger charge is 2.07. The fraction of sp³-hybridized carbons (Fsp3) is 1.00. The molecular weight excluding hydrogens is 166 g/mol. The fourth-order valence-electron chi connectivity index (χ4n) is 1.32. The highest BCUT2D eigenvalue weighted by atomic mass is 35.5. The van der Waals surface area contributed by atoms with Gasteiger partial charge in [0.1, 0.15) is 0 Å². The van der Waals surface area contributed by atoms with E-state index in [1.807, 2.05) is 0 Å². The smallest absolute Gasteiger partial charge is 0.00698 e. The number of nitrogens with zero attached hydrogens (tertiary/aromatic N) is 1. The predicted molar refractivity (Wildman–Crippen MR) is 51.4 cm³/mol. The van der Waals surface area contributed by atoms with Gasteiger partial charge in [0.2, 0.25) is 0 Å². The maximum atomic E-state index is 4.19. The normalized spacial score (nSPS) is 20.1. The van der Waals surface area contributed by atoms with Gasteiger partial charge in [-0.3, -0.25) is 0 Å². The van der Waals surface area contributed by atoms with Gasteiger partial charge < -0.3 is 4.90 Å². The largest absolute Gasteiger partial charge is 0.303 e. The third kappa shape index (κ3) is 3.69. The van der Waals surface area contributed by atoms with Gasteiger partial charge >= 0.3 is 0 Å². The molecule has 0 N–H and O–H groups in total. The first kappa shape index (κ1) is 10.6. The molecule has 0 aliphatic carbocycles. The highest BCUT2D eigenvalue weighted by Crippen LogP contribution is 2.07. The molecule has 0 saturated carbocycles. The first-order chi connectivity index (χ1) is 4.43. The van der Waals surface area contributed by atoms with Crippen molar-refractivity contribution in [3.63, 3.8) is 0 Å². The Morgan fingerprint density at radius 2 is 1.70 bits per heavy atom. The van der Waals surface area contributed by atoms with Crippen LogP contribution in [0.15, 0.2) is 0 Å². The van der Waals surface area contributed by atoms with Crippen LogP contribution in [0.1, 0.15) is 19.3 Å². The zero-order chi connectivity index (χ0) is 6.53. The van der Waals surface area contributed by atoms with E-state index in [1.165, 1.54) is 38.9 Å². The quantitative estimate of drug-likeness (QED) is 0.637. The molecular formula is C7H16ClNS. The molecule has 0 atom stereocenters. The average molecular weight is 182 g/mol. The maximum absolute atomic E-state index is 4.19. The molecule has 0 aromatic rings. The van der Waals surface area contributed by atoms with Crippen molar-refractivity contribution < 1.29 is 0 Å². The number of piperidine rings is 1. The number of halogens is 1. The van der Waals surface area contributed by atoms with Gasteiger partial charge in [-0.05, 0) is 25.9 Å². The number of thiol groups is 1. The fourth-order valence-corrected chi connectivity index (χ4v) is 1.61. The maximum Gasteiger partial charge on any atom is 0.00698 e. The van der Waals surface area contributed by atoms with Crippen molar-refractivity contribution in [2.24, 2.45) is 0 Å². The topological polar surface area (TPSA) is 3.24 Å². The summed E-state index contributed by atoms with van der Waals surface area (Å²) in [5, 5.41) is 0. The van der Waals surface area contributed by atoms with E-state index >= 15 is 0 Å². The molecule has 0 amide bonds. The summed E-state index contributed by atoms with van der Waals surface area (Å²) in [6, 6.07) is 0. The summed E-state index contributed by atoms with van der Waals surface area (Å²) >= 11 is 4.19. The van der Waals surface area contributed by atoms with E-state index in [9.17, 15) is 0 Å². The number of hydrogen-bond donors (Lipinski definition) is 1. The molecule has 0 spiro atoms. The van der Waals surface area contributed by atoms with Gasteiger partial charge in [0.05, 0.1) is 0 Å². The molecule has 62 valence electrons. The molecule has 10 heavy (non-hydrogen) atoms. The van der Waals surface area contributed by atoms with Crippen molar-refractivity contribution >= 4 is 25.0 Å². The molecule has 0 bridgehead atoms. The molecule has 0 unspecified atom stereocenters. The zero-order valence-electron chi connectivity index (χ0n) is 6.25. The summed E-state index contributed by atoms with van der Waals surface area (Å²) < 4.78 is 0. The molecule has 1 heterocycles. The zero-order valence-corrected chi connectivity index (χ0v) is 7.96. The van der Waals surface area contributed by atoms with Gasteiger partial charge in [-0.25, -0.2) is 0 Å². The van der Waals surface area contributed by atoms with Gasteiger partial charge in [-0.15, -0.1) is 12.4 Å². The van der Waals surface area contributed by atoms with Crippen molar-refractivity contribution in [1.82, 2.24) is 4.90 Å². The third-order valence-corrected chi connectivity index (χ3v) is 2.06. The minimum atomic E-state index is 0. The summed E-state index contributed by atoms with van der Waals surface area (Å²) in [5.41, 5.74) is 0. The average Bonchev–Trinajstić information content (AvgIpc) is 1.91. The number of rotatable bonds is 2. The Hall–Kier alpha value is 0.600. The predicted octanol–water partition coefficient (Wildman–Crippen LogP) is 1.82. The Morgan fingerprint density at radius 3 is 2.20 bits per heavy atom. The monoisotopic (exact) mass is 181 g/mol. The number of hydrogen-bond acceptors (Lipinski definition) is 2. The van der Waals surface area contributed by atoms with Crippen molar-refractivity contribution in [2.45, 2.75) is 19.3 Å². The Bertz CT molecular complexity index is 71.3. The molecule has 1 aliphatic rings. The molecule has 1 fully saturated rings. The Kier molecular flexibility index (Phi) is 6.70. The lowest BCUT2D eigenvalue weighted by Gasteiger charge is -2.25. The van der Waals surface area contributed by atoms with Gasteiger partial charge in [-0.2, -0.15) is 12.6 Å². The highest BCUT2D eigenvalue weighted by molar-refractivity contribution is 7.80. The molecule has 1 nitrogen and oxygen atoms in total. The van der Waals surface area contributed by atoms with Crippen LogP contribution in [0.3, 0.4) is 0 Å². The second-order valence-corrected chi connectivity index (χ2v) is 3.07. The molecule has 0 aromatic heterocycles. The van der Waals surface area contributed by atoms with Crippen LogP contribution in [0.2, 0.25) is 0 Å². The van der Waals surface area contributed by atoms with E-state index in [-0.39, 0.29) is 12.4 Å². The molecule has 1 rings (SSSR count). The minimum Gasteiger partial charge on any atom is -0.303 e. The van der Waals surface area contributed by atoms with Gasteiger partial charge in [0.25, 0.3) is 0 Å². The molecule has 1 saturated heterocycles. The lowest BCUT2D eigenvalue weighted by Crippen LogP contribution is -2.31. The summed E-state index contributed by atoms with van der Waals surface area (Å²) in [5.74, 6) is 1.01. The first-order valence-corrected chi connectivity index (χ1v) is 4.40. The summed E-state index contributed by atoms with van der Waals surface area (Å²) in [7, 11) is 0. The van der Waals surface area contributed by atoms with Gasteiger partial charge in [-0.1, -0.05) is 6.42 Å². The van der Waals surface area contributed by atoms with Crippen molar-refractivity contribution in [3.05, 3.63) is 0 Å². The molecule has 0 aromatic carbocycles. The lowest BCUT2D eigenvalue weighted by atomic mass is 10.1. The van der Waals surface area contributed by atoms with Crippen LogP contribution in [-0.2, 0) is 0 Å². The van der Waals surface area contributed by atoms with Crippen molar-refractivity contribution in [1.29, 1.82) is 0 Å². The number of likely N-dealkylation sites (tertiary alicyclic amines) is 1. The van der Waals surface area contributed by atoms with E-state index in [4.69, 9.17) is 0 Å². The van der Waals surface area contributed by atoms with E-state index in [1.54, 1.807) is 0 Å². The van der Waals surface area contributed by atoms with E-state index in [0.717, 1.165) is 5.75 Å². The van der Waals surface area contributed by atoms with Crippen LogP contribution < -0.4 is 0 Å². The van der Waals surface area contributed by atoms with E-state index < -0.39 is 0 Å². The van der Waals surface area contributed by atoms with Crippen LogP contribution in [0.4, 0.5) is 0 Å². The lowest BCUT2D eigenvalue weighted by molar-refractivity contribution is 0.242. The summed E-state index contributed by atoms with van der Waals surface area (Å²) in [6.07, 6.45) is 4.23. The standard InChI is InChI=1S/C7H15NS.ClH/c9-7-6-8-4-2-1-3-5-8;/h9H,1-7H2;1H. The summed E-state index contributed by atoms with van der Waals surface area (Å²) in [4.78, 5) is 2.50. The second kappa shape index (κ2) is 6.32. The van der Waals surface area contributed by atoms with E-state index in [0.29, 0.717) is 0 Å². The SMILES string of the molecule is Cl.SCCN1CCCCC1. The van der Waals surface area contributed by atoms with Crippen LogP contribution in [0.5, 0.6) is 0 Å². The van der Waals surface area contributed by atoms with Crippen LogP contribution in [0.25, 0.3) is 0 Å². The molecule has 1 aliphatic heterocycles. The van der Waals surface area contributed by atoms with E-state index in [2.05, 4.69) is 17.5 Å². The Balaban J connectivity index is 0.000000810. The third-order valence-electron chi connectivity index (χ3n) is 1.86. The van der Waals surface area contributed by atoms with Crippen molar-refractivity contribution in [2.75, 3.05) is 25.4 Å². The van der Waals surface area contributed by atoms with Crippen LogP contribution >= 0.6 is 25.0 Å². The van der Waals surface area contributed by atoms with Crippen LogP contribution in [0, 0.1) is 0 Å². The molecule has 3 heteroatoms.